The molecule has 0 atom stereocenters. The average molecular weight is 226 g/mol. The molecule has 0 aromatic carbocycles. The Morgan fingerprint density at radius 2 is 2.33 bits per heavy atom. The predicted octanol–water partition coefficient (Wildman–Crippen LogP) is 2.71. The minimum absolute atomic E-state index is 0.135. The van der Waals surface area contributed by atoms with Gasteiger partial charge in [-0.05, 0) is 20.8 Å². The number of rotatable bonds is 5. The summed E-state index contributed by atoms with van der Waals surface area (Å²) in [6.45, 7) is 11.3. The molecule has 0 aliphatic rings. The lowest BCUT2D eigenvalue weighted by atomic mass is 10.1. The maximum atomic E-state index is 5.12. The molecule has 1 heterocycles. The maximum Gasteiger partial charge on any atom is 0.255 e. The van der Waals surface area contributed by atoms with Gasteiger partial charge < -0.3 is 9.73 Å². The number of thioether (sulfide) groups is 1. The molecule has 0 spiro atoms. The largest absolute Gasteiger partial charge is 0.440 e. The van der Waals surface area contributed by atoms with Crippen molar-refractivity contribution in [3.63, 3.8) is 0 Å². The lowest BCUT2D eigenvalue weighted by Crippen LogP contribution is -2.37. The van der Waals surface area contributed by atoms with E-state index in [1.54, 1.807) is 24.2 Å². The topological polar surface area (TPSA) is 38.1 Å². The van der Waals surface area contributed by atoms with E-state index in [0.717, 1.165) is 17.9 Å². The molecule has 0 amide bonds. The molecule has 0 saturated heterocycles. The summed E-state index contributed by atoms with van der Waals surface area (Å²) in [5, 5.41) is 4.09. The lowest BCUT2D eigenvalue weighted by Gasteiger charge is -2.21. The molecule has 0 unspecified atom stereocenters. The zero-order valence-electron chi connectivity index (χ0n) is 9.54. The van der Waals surface area contributed by atoms with Crippen LogP contribution in [0, 0.1) is 0 Å². The summed E-state index contributed by atoms with van der Waals surface area (Å²) < 4.78 is 5.12. The lowest BCUT2D eigenvalue weighted by molar-refractivity contribution is 0.444. The van der Waals surface area contributed by atoms with E-state index >= 15 is 0 Å². The summed E-state index contributed by atoms with van der Waals surface area (Å²) in [4.78, 5) is 4.03. The van der Waals surface area contributed by atoms with Crippen molar-refractivity contribution in [2.45, 2.75) is 31.5 Å². The van der Waals surface area contributed by atoms with Crippen LogP contribution < -0.4 is 5.32 Å². The fourth-order valence-corrected chi connectivity index (χ4v) is 1.58. The quantitative estimate of drug-likeness (QED) is 0.619. The van der Waals surface area contributed by atoms with Gasteiger partial charge in [-0.1, -0.05) is 23.9 Å². The van der Waals surface area contributed by atoms with Crippen LogP contribution in [0.1, 0.15) is 20.8 Å². The van der Waals surface area contributed by atoms with E-state index in [1.807, 2.05) is 0 Å². The number of nitrogens with zero attached hydrogens (tertiary/aromatic N) is 1. The molecule has 15 heavy (non-hydrogen) atoms. The van der Waals surface area contributed by atoms with Crippen molar-refractivity contribution in [3.8, 4) is 0 Å². The van der Waals surface area contributed by atoms with Gasteiger partial charge in [0.2, 0.25) is 0 Å². The van der Waals surface area contributed by atoms with Gasteiger partial charge >= 0.3 is 0 Å². The molecule has 0 radical (unpaired) electrons. The van der Waals surface area contributed by atoms with E-state index in [1.165, 1.54) is 0 Å². The Morgan fingerprint density at radius 1 is 1.60 bits per heavy atom. The molecule has 84 valence electrons. The molecule has 0 aliphatic heterocycles. The Balaban J connectivity index is 2.20. The third-order valence-electron chi connectivity index (χ3n) is 1.68. The zero-order valence-corrected chi connectivity index (χ0v) is 10.4. The van der Waals surface area contributed by atoms with E-state index in [0.29, 0.717) is 5.22 Å². The first-order valence-electron chi connectivity index (χ1n) is 4.91. The van der Waals surface area contributed by atoms with Gasteiger partial charge in [0.15, 0.2) is 0 Å². The Labute approximate surface area is 95.3 Å². The molecule has 1 rings (SSSR count). The van der Waals surface area contributed by atoms with Crippen LogP contribution in [0.5, 0.6) is 0 Å². The SMILES string of the molecule is C=C(CNC(C)(C)C)CSc1ncco1. The molecule has 0 fully saturated rings. The normalized spacial score (nSPS) is 11.7. The second-order valence-corrected chi connectivity index (χ2v) is 5.37. The summed E-state index contributed by atoms with van der Waals surface area (Å²) in [6, 6.07) is 0. The predicted molar refractivity (Wildman–Crippen MR) is 64.1 cm³/mol. The van der Waals surface area contributed by atoms with E-state index in [-0.39, 0.29) is 5.54 Å². The fourth-order valence-electron chi connectivity index (χ4n) is 0.887. The molecule has 1 N–H and O–H groups in total. The van der Waals surface area contributed by atoms with Gasteiger partial charge in [-0.3, -0.25) is 0 Å². The first kappa shape index (κ1) is 12.3. The zero-order chi connectivity index (χ0) is 11.3. The number of aromatic nitrogens is 1. The number of hydrogen-bond acceptors (Lipinski definition) is 4. The second kappa shape index (κ2) is 5.37. The standard InChI is InChI=1S/C11H18N2OS/c1-9(7-13-11(2,3)4)8-15-10-12-5-6-14-10/h5-6,13H,1,7-8H2,2-4H3. The smallest absolute Gasteiger partial charge is 0.255 e. The van der Waals surface area contributed by atoms with Gasteiger partial charge in [-0.2, -0.15) is 0 Å². The van der Waals surface area contributed by atoms with Gasteiger partial charge in [-0.15, -0.1) is 0 Å². The molecule has 1 aromatic rings. The molecular formula is C11H18N2OS. The summed E-state index contributed by atoms with van der Waals surface area (Å²) in [5.74, 6) is 0.837. The van der Waals surface area contributed by atoms with Gasteiger partial charge in [0.1, 0.15) is 6.26 Å². The van der Waals surface area contributed by atoms with Gasteiger partial charge in [0.05, 0.1) is 6.20 Å². The van der Waals surface area contributed by atoms with Crippen LogP contribution >= 0.6 is 11.8 Å². The minimum atomic E-state index is 0.135. The molecular weight excluding hydrogens is 208 g/mol. The molecule has 4 heteroatoms. The monoisotopic (exact) mass is 226 g/mol. The number of hydrogen-bond donors (Lipinski definition) is 1. The maximum absolute atomic E-state index is 5.12. The Morgan fingerprint density at radius 3 is 2.87 bits per heavy atom. The van der Waals surface area contributed by atoms with Crippen molar-refractivity contribution in [1.82, 2.24) is 10.3 Å². The Kier molecular flexibility index (Phi) is 4.42. The van der Waals surface area contributed by atoms with Crippen LogP contribution in [-0.4, -0.2) is 22.8 Å². The Bertz CT molecular complexity index is 301. The second-order valence-electron chi connectivity index (χ2n) is 4.44. The Hall–Kier alpha value is -0.740. The summed E-state index contributed by atoms with van der Waals surface area (Å²) in [5.41, 5.74) is 1.28. The average Bonchev–Trinajstić information content (AvgIpc) is 2.62. The van der Waals surface area contributed by atoms with Crippen molar-refractivity contribution >= 4 is 11.8 Å². The van der Waals surface area contributed by atoms with Gasteiger partial charge in [-0.25, -0.2) is 4.98 Å². The first-order valence-corrected chi connectivity index (χ1v) is 5.90. The molecule has 0 saturated carbocycles. The minimum Gasteiger partial charge on any atom is -0.440 e. The highest BCUT2D eigenvalue weighted by molar-refractivity contribution is 7.99. The van der Waals surface area contributed by atoms with E-state index in [4.69, 9.17) is 4.42 Å². The molecule has 3 nitrogen and oxygen atoms in total. The number of nitrogens with one attached hydrogen (secondary N) is 1. The summed E-state index contributed by atoms with van der Waals surface area (Å²) >= 11 is 1.57. The van der Waals surface area contributed by atoms with Crippen LogP contribution in [0.15, 0.2) is 34.3 Å². The fraction of sp³-hybridized carbons (Fsp3) is 0.545. The van der Waals surface area contributed by atoms with Crippen molar-refractivity contribution in [1.29, 1.82) is 0 Å². The van der Waals surface area contributed by atoms with E-state index in [2.05, 4.69) is 37.7 Å². The highest BCUT2D eigenvalue weighted by Gasteiger charge is 2.09. The van der Waals surface area contributed by atoms with Crippen molar-refractivity contribution in [2.75, 3.05) is 12.3 Å². The first-order chi connectivity index (χ1) is 6.97. The van der Waals surface area contributed by atoms with Gasteiger partial charge in [0, 0.05) is 17.8 Å². The van der Waals surface area contributed by atoms with Crippen LogP contribution in [0.3, 0.4) is 0 Å². The molecule has 0 bridgehead atoms. The highest BCUT2D eigenvalue weighted by Crippen LogP contribution is 2.17. The van der Waals surface area contributed by atoms with Crippen molar-refractivity contribution in [3.05, 3.63) is 24.6 Å². The van der Waals surface area contributed by atoms with Crippen molar-refractivity contribution < 1.29 is 4.42 Å². The van der Waals surface area contributed by atoms with Gasteiger partial charge in [0.25, 0.3) is 5.22 Å². The van der Waals surface area contributed by atoms with Crippen LogP contribution in [-0.2, 0) is 0 Å². The third kappa shape index (κ3) is 5.64. The highest BCUT2D eigenvalue weighted by atomic mass is 32.2. The number of oxazole rings is 1. The van der Waals surface area contributed by atoms with Crippen LogP contribution in [0.4, 0.5) is 0 Å². The molecule has 1 aromatic heterocycles. The van der Waals surface area contributed by atoms with Crippen LogP contribution in [0.2, 0.25) is 0 Å². The van der Waals surface area contributed by atoms with E-state index in [9.17, 15) is 0 Å². The van der Waals surface area contributed by atoms with E-state index < -0.39 is 0 Å². The molecule has 0 aliphatic carbocycles. The van der Waals surface area contributed by atoms with Crippen LogP contribution in [0.25, 0.3) is 0 Å². The summed E-state index contributed by atoms with van der Waals surface area (Å²) in [7, 11) is 0. The van der Waals surface area contributed by atoms with Crippen molar-refractivity contribution in [2.24, 2.45) is 0 Å². The third-order valence-corrected chi connectivity index (χ3v) is 2.68. The summed E-state index contributed by atoms with van der Waals surface area (Å²) in [6.07, 6.45) is 3.23.